The molecule has 0 fully saturated rings. The smallest absolute Gasteiger partial charge is 0.0547 e. The molecule has 0 saturated carbocycles. The van der Waals surface area contributed by atoms with Gasteiger partial charge in [-0.1, -0.05) is 18.2 Å². The molecule has 3 rings (SSSR count). The van der Waals surface area contributed by atoms with Crippen LogP contribution in [0.2, 0.25) is 0 Å². The molecule has 0 aromatic carbocycles. The predicted molar refractivity (Wildman–Crippen MR) is 95.1 cm³/mol. The van der Waals surface area contributed by atoms with E-state index in [1.165, 1.54) is 5.56 Å². The summed E-state index contributed by atoms with van der Waals surface area (Å²) >= 11 is 0. The van der Waals surface area contributed by atoms with Gasteiger partial charge in [-0.15, -0.1) is 0 Å². The monoisotopic (exact) mass is 318 g/mol. The van der Waals surface area contributed by atoms with Crippen LogP contribution in [0, 0.1) is 13.8 Å². The van der Waals surface area contributed by atoms with Crippen LogP contribution >= 0.6 is 0 Å². The van der Waals surface area contributed by atoms with Crippen LogP contribution in [0.1, 0.15) is 28.3 Å². The molecule has 3 aromatic rings. The minimum Gasteiger partial charge on any atom is -0.287 e. The van der Waals surface area contributed by atoms with Crippen molar-refractivity contribution in [3.05, 3.63) is 89.3 Å². The molecule has 3 aromatic heterocycles. The lowest BCUT2D eigenvalue weighted by atomic mass is 10.2. The molecule has 122 valence electrons. The summed E-state index contributed by atoms with van der Waals surface area (Å²) in [5.74, 6) is 0. The van der Waals surface area contributed by atoms with Gasteiger partial charge in [-0.05, 0) is 49.7 Å². The lowest BCUT2D eigenvalue weighted by Gasteiger charge is -2.22. The van der Waals surface area contributed by atoms with E-state index in [0.29, 0.717) is 0 Å². The van der Waals surface area contributed by atoms with Gasteiger partial charge in [-0.3, -0.25) is 19.9 Å². The van der Waals surface area contributed by atoms with E-state index in [0.717, 1.165) is 42.4 Å². The molecular formula is C20H22N4. The fourth-order valence-corrected chi connectivity index (χ4v) is 2.75. The Balaban J connectivity index is 1.80. The summed E-state index contributed by atoms with van der Waals surface area (Å²) in [6, 6.07) is 16.4. The second-order valence-corrected chi connectivity index (χ2v) is 6.05. The van der Waals surface area contributed by atoms with E-state index in [4.69, 9.17) is 0 Å². The maximum absolute atomic E-state index is 4.64. The second-order valence-electron chi connectivity index (χ2n) is 6.05. The maximum Gasteiger partial charge on any atom is 0.0547 e. The zero-order valence-electron chi connectivity index (χ0n) is 14.2. The average Bonchev–Trinajstić information content (AvgIpc) is 2.56. The molecule has 0 bridgehead atoms. The first kappa shape index (κ1) is 16.3. The summed E-state index contributed by atoms with van der Waals surface area (Å²) < 4.78 is 0. The quantitative estimate of drug-likeness (QED) is 0.695. The van der Waals surface area contributed by atoms with Crippen molar-refractivity contribution in [3.8, 4) is 0 Å². The van der Waals surface area contributed by atoms with Crippen LogP contribution < -0.4 is 0 Å². The third-order valence-corrected chi connectivity index (χ3v) is 3.79. The number of aryl methyl sites for hydroxylation is 2. The molecular weight excluding hydrogens is 296 g/mol. The molecule has 4 nitrogen and oxygen atoms in total. The van der Waals surface area contributed by atoms with Crippen molar-refractivity contribution in [1.29, 1.82) is 0 Å². The van der Waals surface area contributed by atoms with Crippen LogP contribution in [-0.4, -0.2) is 19.9 Å². The van der Waals surface area contributed by atoms with Gasteiger partial charge in [0.2, 0.25) is 0 Å². The lowest BCUT2D eigenvalue weighted by Crippen LogP contribution is -2.23. The SMILES string of the molecule is Cc1cccc(CN(Cc2cccnc2)Cc2cccc(C)n2)n1. The Kier molecular flexibility index (Phi) is 5.29. The third-order valence-electron chi connectivity index (χ3n) is 3.79. The highest BCUT2D eigenvalue weighted by atomic mass is 15.1. The molecule has 3 heterocycles. The van der Waals surface area contributed by atoms with E-state index >= 15 is 0 Å². The van der Waals surface area contributed by atoms with Crippen molar-refractivity contribution < 1.29 is 0 Å². The number of pyridine rings is 3. The minimum absolute atomic E-state index is 0.784. The Labute approximate surface area is 143 Å². The molecule has 0 N–H and O–H groups in total. The molecule has 0 atom stereocenters. The molecule has 0 amide bonds. The van der Waals surface area contributed by atoms with Crippen molar-refractivity contribution in [1.82, 2.24) is 19.9 Å². The van der Waals surface area contributed by atoms with E-state index < -0.39 is 0 Å². The van der Waals surface area contributed by atoms with Gasteiger partial charge in [0.15, 0.2) is 0 Å². The van der Waals surface area contributed by atoms with Gasteiger partial charge in [0.05, 0.1) is 11.4 Å². The second kappa shape index (κ2) is 7.79. The maximum atomic E-state index is 4.64. The summed E-state index contributed by atoms with van der Waals surface area (Å²) in [5, 5.41) is 0. The number of nitrogens with zero attached hydrogens (tertiary/aromatic N) is 4. The molecule has 0 aliphatic carbocycles. The standard InChI is InChI=1S/C20H22N4/c1-16-6-3-9-19(22-16)14-24(13-18-8-5-11-21-12-18)15-20-10-4-7-17(2)23-20/h3-12H,13-15H2,1-2H3. The zero-order chi connectivity index (χ0) is 16.8. The number of rotatable bonds is 6. The van der Waals surface area contributed by atoms with E-state index in [1.807, 2.05) is 38.2 Å². The van der Waals surface area contributed by atoms with E-state index in [2.05, 4.69) is 50.2 Å². The Bertz CT molecular complexity index is 739. The van der Waals surface area contributed by atoms with Gasteiger partial charge in [-0.2, -0.15) is 0 Å². The normalized spacial score (nSPS) is 11.0. The molecule has 4 heteroatoms. The molecule has 0 aliphatic rings. The first-order valence-corrected chi connectivity index (χ1v) is 8.15. The summed E-state index contributed by atoms with van der Waals surface area (Å²) in [6.07, 6.45) is 3.72. The fraction of sp³-hybridized carbons (Fsp3) is 0.250. The van der Waals surface area contributed by atoms with Crippen LogP contribution in [0.4, 0.5) is 0 Å². The van der Waals surface area contributed by atoms with Crippen molar-refractivity contribution >= 4 is 0 Å². The highest BCUT2D eigenvalue weighted by Crippen LogP contribution is 2.12. The Morgan fingerprint density at radius 1 is 0.750 bits per heavy atom. The van der Waals surface area contributed by atoms with E-state index in [9.17, 15) is 0 Å². The zero-order valence-corrected chi connectivity index (χ0v) is 14.2. The van der Waals surface area contributed by atoms with E-state index in [-0.39, 0.29) is 0 Å². The van der Waals surface area contributed by atoms with Crippen molar-refractivity contribution in [2.24, 2.45) is 0 Å². The first-order valence-electron chi connectivity index (χ1n) is 8.15. The lowest BCUT2D eigenvalue weighted by molar-refractivity contribution is 0.241. The predicted octanol–water partition coefficient (Wildman–Crippen LogP) is 3.69. The Morgan fingerprint density at radius 3 is 1.88 bits per heavy atom. The largest absolute Gasteiger partial charge is 0.287 e. The van der Waals surface area contributed by atoms with Gasteiger partial charge in [0.25, 0.3) is 0 Å². The summed E-state index contributed by atoms with van der Waals surface area (Å²) in [6.45, 7) is 6.44. The molecule has 0 unspecified atom stereocenters. The molecule has 0 saturated heterocycles. The Morgan fingerprint density at radius 2 is 1.38 bits per heavy atom. The van der Waals surface area contributed by atoms with Crippen LogP contribution in [0.25, 0.3) is 0 Å². The van der Waals surface area contributed by atoms with Crippen molar-refractivity contribution in [2.45, 2.75) is 33.5 Å². The van der Waals surface area contributed by atoms with Crippen LogP contribution in [0.3, 0.4) is 0 Å². The number of aromatic nitrogens is 3. The molecule has 24 heavy (non-hydrogen) atoms. The summed E-state index contributed by atoms with van der Waals surface area (Å²) in [4.78, 5) is 15.8. The van der Waals surface area contributed by atoms with Gasteiger partial charge >= 0.3 is 0 Å². The van der Waals surface area contributed by atoms with Crippen molar-refractivity contribution in [2.75, 3.05) is 0 Å². The molecule has 0 spiro atoms. The topological polar surface area (TPSA) is 41.9 Å². The Hall–Kier alpha value is -2.59. The average molecular weight is 318 g/mol. The highest BCUT2D eigenvalue weighted by molar-refractivity contribution is 5.14. The fourth-order valence-electron chi connectivity index (χ4n) is 2.75. The van der Waals surface area contributed by atoms with Crippen LogP contribution in [-0.2, 0) is 19.6 Å². The van der Waals surface area contributed by atoms with Gasteiger partial charge in [0.1, 0.15) is 0 Å². The summed E-state index contributed by atoms with van der Waals surface area (Å²) in [5.41, 5.74) is 5.43. The summed E-state index contributed by atoms with van der Waals surface area (Å²) in [7, 11) is 0. The number of hydrogen-bond acceptors (Lipinski definition) is 4. The molecule has 0 radical (unpaired) electrons. The van der Waals surface area contributed by atoms with Crippen LogP contribution in [0.5, 0.6) is 0 Å². The highest BCUT2D eigenvalue weighted by Gasteiger charge is 2.10. The third kappa shape index (κ3) is 4.70. The number of hydrogen-bond donors (Lipinski definition) is 0. The van der Waals surface area contributed by atoms with Gasteiger partial charge in [-0.25, -0.2) is 0 Å². The minimum atomic E-state index is 0.784. The van der Waals surface area contributed by atoms with Gasteiger partial charge < -0.3 is 0 Å². The van der Waals surface area contributed by atoms with Gasteiger partial charge in [0, 0.05) is 43.4 Å². The van der Waals surface area contributed by atoms with Crippen LogP contribution in [0.15, 0.2) is 60.9 Å². The first-order chi connectivity index (χ1) is 11.7. The van der Waals surface area contributed by atoms with E-state index in [1.54, 1.807) is 6.20 Å². The molecule has 0 aliphatic heterocycles. The van der Waals surface area contributed by atoms with Crippen molar-refractivity contribution in [3.63, 3.8) is 0 Å².